The second-order valence-electron chi connectivity index (χ2n) is 8.48. The van der Waals surface area contributed by atoms with E-state index in [1.807, 2.05) is 0 Å². The van der Waals surface area contributed by atoms with E-state index in [9.17, 15) is 27.9 Å². The zero-order chi connectivity index (χ0) is 26.0. The van der Waals surface area contributed by atoms with E-state index in [-0.39, 0.29) is 37.5 Å². The van der Waals surface area contributed by atoms with E-state index in [0.29, 0.717) is 24.8 Å². The maximum absolute atomic E-state index is 13.6. The highest BCUT2D eigenvalue weighted by Gasteiger charge is 2.40. The number of hydrogen-bond acceptors (Lipinski definition) is 6. The molecule has 0 bridgehead atoms. The lowest BCUT2D eigenvalue weighted by atomic mass is 9.89. The van der Waals surface area contributed by atoms with Gasteiger partial charge in [-0.25, -0.2) is 4.57 Å². The van der Waals surface area contributed by atoms with Crippen LogP contribution in [0.5, 0.6) is 0 Å². The first-order chi connectivity index (χ1) is 15.7. The molecule has 0 aromatic rings. The number of rotatable bonds is 15. The Morgan fingerprint density at radius 2 is 2.09 bits per heavy atom. The topological polar surface area (TPSA) is 142 Å². The summed E-state index contributed by atoms with van der Waals surface area (Å²) in [6.45, 7) is 4.11. The highest BCUT2D eigenvalue weighted by atomic mass is 31.2. The lowest BCUT2D eigenvalue weighted by molar-refractivity contribution is -0.111. The van der Waals surface area contributed by atoms with Crippen molar-refractivity contribution in [2.75, 3.05) is 19.8 Å². The van der Waals surface area contributed by atoms with Gasteiger partial charge < -0.3 is 30.5 Å². The van der Waals surface area contributed by atoms with Crippen molar-refractivity contribution in [1.29, 1.82) is 0 Å². The van der Waals surface area contributed by atoms with Gasteiger partial charge in [0.1, 0.15) is 0 Å². The molecule has 34 heavy (non-hydrogen) atoms. The molecule has 0 saturated heterocycles. The largest absolute Gasteiger partial charge is 0.513 e. The summed E-state index contributed by atoms with van der Waals surface area (Å²) in [6, 6.07) is 0. The molecule has 8 nitrogen and oxygen atoms in total. The molecule has 3 unspecified atom stereocenters. The van der Waals surface area contributed by atoms with Crippen LogP contribution in [0.2, 0.25) is 0 Å². The van der Waals surface area contributed by atoms with Crippen molar-refractivity contribution in [3.8, 4) is 0 Å². The third kappa shape index (κ3) is 11.8. The predicted molar refractivity (Wildman–Crippen MR) is 122 cm³/mol. The molecule has 12 heteroatoms. The summed E-state index contributed by atoms with van der Waals surface area (Å²) in [5.74, 6) is 0.284. The molecule has 0 amide bonds. The fraction of sp³-hybridized carbons (Fsp3) is 0.636. The molecule has 0 aromatic carbocycles. The molecule has 0 saturated carbocycles. The Balaban J connectivity index is 2.69. The number of aliphatic hydroxyl groups is 2. The van der Waals surface area contributed by atoms with E-state index in [0.717, 1.165) is 6.08 Å². The van der Waals surface area contributed by atoms with Gasteiger partial charge in [0.15, 0.2) is 0 Å². The van der Waals surface area contributed by atoms with Crippen molar-refractivity contribution in [3.63, 3.8) is 0 Å². The minimum absolute atomic E-state index is 0.00763. The van der Waals surface area contributed by atoms with Gasteiger partial charge in [-0.2, -0.15) is 13.2 Å². The maximum atomic E-state index is 13.6. The Labute approximate surface area is 197 Å². The van der Waals surface area contributed by atoms with Crippen molar-refractivity contribution < 1.29 is 47.0 Å². The average Bonchev–Trinajstić information content (AvgIpc) is 2.75. The van der Waals surface area contributed by atoms with Gasteiger partial charge in [-0.3, -0.25) is 4.52 Å². The van der Waals surface area contributed by atoms with Gasteiger partial charge in [-0.1, -0.05) is 17.7 Å². The van der Waals surface area contributed by atoms with Gasteiger partial charge in [0, 0.05) is 6.61 Å². The van der Waals surface area contributed by atoms with E-state index in [2.05, 4.69) is 11.1 Å². The van der Waals surface area contributed by atoms with E-state index < -0.39 is 44.4 Å². The SMILES string of the molecule is C=CC(C/C=C(\C)O)CCCOC1CC=C(CCC(N)(CO)COP(=O)(O)O)C=C1C(F)(F)F. The van der Waals surface area contributed by atoms with E-state index in [1.165, 1.54) is 0 Å². The number of ether oxygens (including phenoxy) is 1. The van der Waals surface area contributed by atoms with E-state index in [4.69, 9.17) is 20.3 Å². The first-order valence-corrected chi connectivity index (χ1v) is 12.4. The van der Waals surface area contributed by atoms with Gasteiger partial charge in [0.25, 0.3) is 0 Å². The maximum Gasteiger partial charge on any atom is 0.469 e. The lowest BCUT2D eigenvalue weighted by Crippen LogP contribution is -2.48. The van der Waals surface area contributed by atoms with Gasteiger partial charge in [-0.05, 0) is 63.5 Å². The second kappa shape index (κ2) is 13.6. The predicted octanol–water partition coefficient (Wildman–Crippen LogP) is 4.20. The van der Waals surface area contributed by atoms with Crippen LogP contribution < -0.4 is 5.73 Å². The van der Waals surface area contributed by atoms with Crippen LogP contribution in [0, 0.1) is 5.92 Å². The van der Waals surface area contributed by atoms with Crippen LogP contribution in [0.4, 0.5) is 13.2 Å². The standard InChI is InChI=1S/C22H35F3NO7P/c1-3-17(7-6-16(2)28)5-4-12-32-20-9-8-18(13-19(20)22(23,24)25)10-11-21(26,14-27)15-33-34(29,30)31/h3,6,8,13,17,20,27-28H,1,4-5,7,9-12,14-15,26H2,2H3,(H2,29,30,31)/b16-6+. The average molecular weight is 513 g/mol. The molecule has 1 aliphatic rings. The number of phosphoric ester groups is 1. The minimum atomic E-state index is -4.80. The van der Waals surface area contributed by atoms with Crippen LogP contribution in [0.3, 0.4) is 0 Å². The molecule has 0 aliphatic heterocycles. The summed E-state index contributed by atoms with van der Waals surface area (Å²) in [5, 5.41) is 18.7. The molecular formula is C22H35F3NO7P. The molecular weight excluding hydrogens is 478 g/mol. The molecule has 0 radical (unpaired) electrons. The number of halogens is 3. The first-order valence-electron chi connectivity index (χ1n) is 10.9. The van der Waals surface area contributed by atoms with Crippen LogP contribution in [-0.4, -0.2) is 57.6 Å². The van der Waals surface area contributed by atoms with Crippen LogP contribution in [0.25, 0.3) is 0 Å². The highest BCUT2D eigenvalue weighted by Crippen LogP contribution is 2.38. The molecule has 0 fully saturated rings. The Bertz CT molecular complexity index is 803. The summed E-state index contributed by atoms with van der Waals surface area (Å²) in [7, 11) is -4.80. The molecule has 0 heterocycles. The third-order valence-corrected chi connectivity index (χ3v) is 5.91. The summed E-state index contributed by atoms with van der Waals surface area (Å²) in [5.41, 5.74) is 3.89. The Morgan fingerprint density at radius 3 is 2.62 bits per heavy atom. The molecule has 1 aliphatic carbocycles. The number of nitrogens with two attached hydrogens (primary N) is 1. The Hall–Kier alpha value is -1.46. The van der Waals surface area contributed by atoms with Crippen molar-refractivity contribution in [2.45, 2.75) is 63.3 Å². The van der Waals surface area contributed by atoms with Gasteiger partial charge in [0.05, 0.1) is 36.2 Å². The van der Waals surface area contributed by atoms with Gasteiger partial charge >= 0.3 is 14.0 Å². The normalized spacial score (nSPS) is 20.4. The van der Waals surface area contributed by atoms with Crippen molar-refractivity contribution in [1.82, 2.24) is 0 Å². The lowest BCUT2D eigenvalue weighted by Gasteiger charge is -2.29. The Kier molecular flexibility index (Phi) is 12.2. The van der Waals surface area contributed by atoms with Crippen LogP contribution in [0.1, 0.15) is 45.4 Å². The molecule has 0 spiro atoms. The molecule has 196 valence electrons. The second-order valence-corrected chi connectivity index (χ2v) is 9.71. The van der Waals surface area contributed by atoms with Crippen molar-refractivity contribution in [2.24, 2.45) is 11.7 Å². The smallest absolute Gasteiger partial charge is 0.469 e. The van der Waals surface area contributed by atoms with Crippen LogP contribution in [0.15, 0.2) is 47.8 Å². The summed E-state index contributed by atoms with van der Waals surface area (Å²) >= 11 is 0. The summed E-state index contributed by atoms with van der Waals surface area (Å²) < 4.78 is 61.7. The monoisotopic (exact) mass is 513 g/mol. The number of hydrogen-bond donors (Lipinski definition) is 5. The van der Waals surface area contributed by atoms with Crippen LogP contribution in [-0.2, 0) is 13.8 Å². The highest BCUT2D eigenvalue weighted by molar-refractivity contribution is 7.46. The number of phosphoric acid groups is 1. The molecule has 1 rings (SSSR count). The molecule has 0 aromatic heterocycles. The quantitative estimate of drug-likeness (QED) is 0.0949. The summed E-state index contributed by atoms with van der Waals surface area (Å²) in [4.78, 5) is 17.6. The fourth-order valence-corrected chi connectivity index (χ4v) is 3.79. The zero-order valence-corrected chi connectivity index (χ0v) is 20.1. The van der Waals surface area contributed by atoms with Gasteiger partial charge in [0.2, 0.25) is 0 Å². The third-order valence-electron chi connectivity index (χ3n) is 5.44. The number of alkyl halides is 3. The van der Waals surface area contributed by atoms with Crippen LogP contribution >= 0.6 is 7.82 Å². The van der Waals surface area contributed by atoms with Crippen molar-refractivity contribution >= 4 is 7.82 Å². The number of aliphatic hydroxyl groups excluding tert-OH is 2. The molecule has 3 atom stereocenters. The summed E-state index contributed by atoms with van der Waals surface area (Å²) in [6.07, 6.45) is 2.03. The molecule has 6 N–H and O–H groups in total. The number of allylic oxidation sites excluding steroid dienone is 5. The van der Waals surface area contributed by atoms with E-state index >= 15 is 0 Å². The zero-order valence-electron chi connectivity index (χ0n) is 19.2. The van der Waals surface area contributed by atoms with E-state index in [1.54, 1.807) is 25.2 Å². The van der Waals surface area contributed by atoms with Gasteiger partial charge in [-0.15, -0.1) is 6.58 Å². The Morgan fingerprint density at radius 1 is 1.41 bits per heavy atom. The fourth-order valence-electron chi connectivity index (χ4n) is 3.36. The van der Waals surface area contributed by atoms with Crippen molar-refractivity contribution in [3.05, 3.63) is 47.8 Å². The minimum Gasteiger partial charge on any atom is -0.513 e. The first kappa shape index (κ1) is 30.6.